The molecule has 0 aliphatic carbocycles. The number of likely N-dealkylation sites (tertiary alicyclic amines) is 1. The standard InChI is InChI=1S/C12H20N4O2/c1-2-17-6-5-15-4-3-12-11(8-15)16-10(9-18-12)7-13-14-16/h7,11-12H,2-6,8-9H2,1H3/t11-,12-/m0/s1. The number of aromatic nitrogens is 3. The SMILES string of the molecule is CCOCCN1CC[C@@H]2OCc3cnnn3[C@H]2C1. The van der Waals surface area contributed by atoms with Crippen LogP contribution in [0.4, 0.5) is 0 Å². The summed E-state index contributed by atoms with van der Waals surface area (Å²) in [7, 11) is 0. The third kappa shape index (κ3) is 2.28. The van der Waals surface area contributed by atoms with Gasteiger partial charge in [0.25, 0.3) is 0 Å². The van der Waals surface area contributed by atoms with E-state index >= 15 is 0 Å². The summed E-state index contributed by atoms with van der Waals surface area (Å²) in [6.07, 6.45) is 3.16. The number of nitrogens with zero attached hydrogens (tertiary/aromatic N) is 4. The molecule has 1 fully saturated rings. The summed E-state index contributed by atoms with van der Waals surface area (Å²) in [6, 6.07) is 0.312. The molecule has 2 atom stereocenters. The number of piperidine rings is 1. The fraction of sp³-hybridized carbons (Fsp3) is 0.833. The Morgan fingerprint density at radius 3 is 3.39 bits per heavy atom. The zero-order chi connectivity index (χ0) is 12.4. The highest BCUT2D eigenvalue weighted by molar-refractivity contribution is 5.01. The summed E-state index contributed by atoms with van der Waals surface area (Å²) < 4.78 is 13.3. The lowest BCUT2D eigenvalue weighted by molar-refractivity contribution is -0.0683. The zero-order valence-electron chi connectivity index (χ0n) is 10.8. The van der Waals surface area contributed by atoms with Gasteiger partial charge in [-0.05, 0) is 13.3 Å². The molecule has 1 aromatic heterocycles. The molecule has 0 aromatic carbocycles. The molecule has 0 N–H and O–H groups in total. The zero-order valence-corrected chi connectivity index (χ0v) is 10.8. The van der Waals surface area contributed by atoms with E-state index in [1.165, 1.54) is 0 Å². The summed E-state index contributed by atoms with van der Waals surface area (Å²) in [4.78, 5) is 2.43. The molecule has 0 amide bonds. The van der Waals surface area contributed by atoms with Gasteiger partial charge in [-0.15, -0.1) is 5.10 Å². The molecular weight excluding hydrogens is 232 g/mol. The maximum Gasteiger partial charge on any atom is 0.0929 e. The first-order chi connectivity index (χ1) is 8.88. The number of hydrogen-bond acceptors (Lipinski definition) is 5. The van der Waals surface area contributed by atoms with Crippen LogP contribution in [0.3, 0.4) is 0 Å². The highest BCUT2D eigenvalue weighted by atomic mass is 16.5. The maximum absolute atomic E-state index is 5.88. The first kappa shape index (κ1) is 12.1. The molecular formula is C12H20N4O2. The Morgan fingerprint density at radius 1 is 1.56 bits per heavy atom. The van der Waals surface area contributed by atoms with E-state index in [4.69, 9.17) is 9.47 Å². The molecule has 1 aromatic rings. The van der Waals surface area contributed by atoms with Gasteiger partial charge in [0.15, 0.2) is 0 Å². The van der Waals surface area contributed by atoms with Crippen molar-refractivity contribution in [3.05, 3.63) is 11.9 Å². The third-order valence-electron chi connectivity index (χ3n) is 3.77. The molecule has 2 aliphatic heterocycles. The molecule has 6 nitrogen and oxygen atoms in total. The van der Waals surface area contributed by atoms with Gasteiger partial charge in [0, 0.05) is 26.2 Å². The van der Waals surface area contributed by atoms with Crippen molar-refractivity contribution < 1.29 is 9.47 Å². The van der Waals surface area contributed by atoms with Crippen molar-refractivity contribution in [1.82, 2.24) is 19.9 Å². The second-order valence-electron chi connectivity index (χ2n) is 4.87. The number of fused-ring (bicyclic) bond motifs is 3. The summed E-state index contributed by atoms with van der Waals surface area (Å²) in [5, 5.41) is 8.19. The van der Waals surface area contributed by atoms with Crippen molar-refractivity contribution in [2.45, 2.75) is 32.1 Å². The predicted octanol–water partition coefficient (Wildman–Crippen LogP) is 0.460. The van der Waals surface area contributed by atoms with Gasteiger partial charge in [0.05, 0.1) is 37.3 Å². The van der Waals surface area contributed by atoms with E-state index in [0.29, 0.717) is 18.8 Å². The van der Waals surface area contributed by atoms with Crippen LogP contribution >= 0.6 is 0 Å². The Morgan fingerprint density at radius 2 is 2.50 bits per heavy atom. The molecule has 18 heavy (non-hydrogen) atoms. The average Bonchev–Trinajstić information content (AvgIpc) is 2.87. The van der Waals surface area contributed by atoms with Crippen LogP contribution in [0.1, 0.15) is 25.1 Å². The van der Waals surface area contributed by atoms with Gasteiger partial charge in [-0.2, -0.15) is 0 Å². The van der Waals surface area contributed by atoms with Crippen LogP contribution in [-0.2, 0) is 16.1 Å². The minimum atomic E-state index is 0.294. The summed E-state index contributed by atoms with van der Waals surface area (Å²) in [5.74, 6) is 0. The van der Waals surface area contributed by atoms with Crippen molar-refractivity contribution in [3.8, 4) is 0 Å². The van der Waals surface area contributed by atoms with Crippen molar-refractivity contribution in [2.75, 3.05) is 32.8 Å². The van der Waals surface area contributed by atoms with Crippen molar-refractivity contribution >= 4 is 0 Å². The number of ether oxygens (including phenoxy) is 2. The Labute approximate surface area is 107 Å². The fourth-order valence-electron chi connectivity index (χ4n) is 2.79. The van der Waals surface area contributed by atoms with Gasteiger partial charge in [-0.25, -0.2) is 4.68 Å². The topological polar surface area (TPSA) is 52.4 Å². The van der Waals surface area contributed by atoms with Gasteiger partial charge in [0.2, 0.25) is 0 Å². The van der Waals surface area contributed by atoms with Gasteiger partial charge in [-0.3, -0.25) is 4.90 Å². The minimum Gasteiger partial charge on any atom is -0.380 e. The fourth-order valence-corrected chi connectivity index (χ4v) is 2.79. The minimum absolute atomic E-state index is 0.294. The molecule has 3 rings (SSSR count). The molecule has 3 heterocycles. The van der Waals surface area contributed by atoms with E-state index in [9.17, 15) is 0 Å². The first-order valence-electron chi connectivity index (χ1n) is 6.69. The van der Waals surface area contributed by atoms with E-state index in [1.807, 2.05) is 11.6 Å². The Balaban J connectivity index is 1.64. The molecule has 100 valence electrons. The highest BCUT2D eigenvalue weighted by Gasteiger charge is 2.36. The van der Waals surface area contributed by atoms with Crippen molar-refractivity contribution in [1.29, 1.82) is 0 Å². The van der Waals surface area contributed by atoms with Crippen LogP contribution < -0.4 is 0 Å². The summed E-state index contributed by atoms with van der Waals surface area (Å²) in [5.41, 5.74) is 1.09. The van der Waals surface area contributed by atoms with Crippen molar-refractivity contribution in [3.63, 3.8) is 0 Å². The van der Waals surface area contributed by atoms with Gasteiger partial charge < -0.3 is 9.47 Å². The molecule has 0 radical (unpaired) electrons. The average molecular weight is 252 g/mol. The summed E-state index contributed by atoms with van der Waals surface area (Å²) in [6.45, 7) is 7.32. The van der Waals surface area contributed by atoms with E-state index in [-0.39, 0.29) is 0 Å². The summed E-state index contributed by atoms with van der Waals surface area (Å²) >= 11 is 0. The van der Waals surface area contributed by atoms with Crippen molar-refractivity contribution in [2.24, 2.45) is 0 Å². The van der Waals surface area contributed by atoms with Crippen LogP contribution in [0.15, 0.2) is 6.20 Å². The first-order valence-corrected chi connectivity index (χ1v) is 6.69. The normalized spacial score (nSPS) is 27.8. The van der Waals surface area contributed by atoms with E-state index in [1.54, 1.807) is 6.20 Å². The Hall–Kier alpha value is -0.980. The van der Waals surface area contributed by atoms with Crippen LogP contribution in [0.5, 0.6) is 0 Å². The molecule has 0 unspecified atom stereocenters. The molecule has 0 spiro atoms. The largest absolute Gasteiger partial charge is 0.380 e. The smallest absolute Gasteiger partial charge is 0.0929 e. The second-order valence-corrected chi connectivity index (χ2v) is 4.87. The predicted molar refractivity (Wildman–Crippen MR) is 65.2 cm³/mol. The van der Waals surface area contributed by atoms with Crippen LogP contribution in [0, 0.1) is 0 Å². The van der Waals surface area contributed by atoms with E-state index in [0.717, 1.165) is 45.0 Å². The number of hydrogen-bond donors (Lipinski definition) is 0. The third-order valence-corrected chi connectivity index (χ3v) is 3.77. The highest BCUT2D eigenvalue weighted by Crippen LogP contribution is 2.29. The Kier molecular flexibility index (Phi) is 3.58. The van der Waals surface area contributed by atoms with Crippen LogP contribution in [0.25, 0.3) is 0 Å². The van der Waals surface area contributed by atoms with E-state index in [2.05, 4.69) is 15.2 Å². The lowest BCUT2D eigenvalue weighted by Crippen LogP contribution is -2.48. The van der Waals surface area contributed by atoms with Crippen LogP contribution in [-0.4, -0.2) is 58.8 Å². The monoisotopic (exact) mass is 252 g/mol. The van der Waals surface area contributed by atoms with Gasteiger partial charge in [-0.1, -0.05) is 5.21 Å². The van der Waals surface area contributed by atoms with Gasteiger partial charge in [0.1, 0.15) is 0 Å². The quantitative estimate of drug-likeness (QED) is 0.729. The molecule has 0 saturated carbocycles. The Bertz CT molecular complexity index is 395. The van der Waals surface area contributed by atoms with Gasteiger partial charge >= 0.3 is 0 Å². The molecule has 2 aliphatic rings. The lowest BCUT2D eigenvalue weighted by Gasteiger charge is -2.40. The lowest BCUT2D eigenvalue weighted by atomic mass is 10.0. The molecule has 0 bridgehead atoms. The molecule has 6 heteroatoms. The number of rotatable bonds is 4. The second kappa shape index (κ2) is 5.34. The van der Waals surface area contributed by atoms with E-state index < -0.39 is 0 Å². The maximum atomic E-state index is 5.88. The van der Waals surface area contributed by atoms with Crippen LogP contribution in [0.2, 0.25) is 0 Å². The molecule has 1 saturated heterocycles.